The first-order valence-electron chi connectivity index (χ1n) is 5.48. The van der Waals surface area contributed by atoms with E-state index in [9.17, 15) is 20.1 Å². The molecular formula is C11H21NO6. The van der Waals surface area contributed by atoms with Gasteiger partial charge in [0.2, 0.25) is 0 Å². The van der Waals surface area contributed by atoms with E-state index in [1.54, 1.807) is 0 Å². The maximum absolute atomic E-state index is 11.5. The summed E-state index contributed by atoms with van der Waals surface area (Å²) < 4.78 is 0. The Morgan fingerprint density at radius 3 is 2.11 bits per heavy atom. The van der Waals surface area contributed by atoms with Crippen molar-refractivity contribution >= 4 is 5.91 Å². The van der Waals surface area contributed by atoms with E-state index in [1.165, 1.54) is 14.0 Å². The number of hydrogen-bond donors (Lipinski definition) is 5. The molecule has 0 fully saturated rings. The van der Waals surface area contributed by atoms with Crippen molar-refractivity contribution in [3.05, 3.63) is 12.2 Å². The zero-order valence-corrected chi connectivity index (χ0v) is 10.5. The maximum Gasteiger partial charge on any atom is 0.250 e. The molecule has 0 aromatic rings. The average molecular weight is 263 g/mol. The lowest BCUT2D eigenvalue weighted by atomic mass is 10.0. The molecular weight excluding hydrogens is 242 g/mol. The molecule has 0 aliphatic rings. The van der Waals surface area contributed by atoms with E-state index in [4.69, 9.17) is 10.2 Å². The third-order valence-corrected chi connectivity index (χ3v) is 2.56. The van der Waals surface area contributed by atoms with E-state index in [0.29, 0.717) is 0 Å². The predicted molar refractivity (Wildman–Crippen MR) is 63.3 cm³/mol. The highest BCUT2D eigenvalue weighted by Gasteiger charge is 2.28. The van der Waals surface area contributed by atoms with E-state index in [-0.39, 0.29) is 12.0 Å². The Bertz CT molecular complexity index is 295. The van der Waals surface area contributed by atoms with Crippen LogP contribution in [-0.4, -0.2) is 74.5 Å². The number of likely N-dealkylation sites (N-methyl/N-ethyl adjacent to an activating group) is 1. The van der Waals surface area contributed by atoms with Gasteiger partial charge < -0.3 is 30.4 Å². The summed E-state index contributed by atoms with van der Waals surface area (Å²) in [6.45, 7) is 4.19. The monoisotopic (exact) mass is 263 g/mol. The Labute approximate surface area is 106 Å². The summed E-state index contributed by atoms with van der Waals surface area (Å²) in [6.07, 6.45) is -6.26. The molecule has 0 saturated heterocycles. The van der Waals surface area contributed by atoms with Gasteiger partial charge in [-0.2, -0.15) is 0 Å². The van der Waals surface area contributed by atoms with Crippen LogP contribution >= 0.6 is 0 Å². The highest BCUT2D eigenvalue weighted by molar-refractivity contribution is 5.92. The van der Waals surface area contributed by atoms with Gasteiger partial charge in [-0.25, -0.2) is 0 Å². The van der Waals surface area contributed by atoms with Crippen molar-refractivity contribution < 1.29 is 30.3 Å². The molecule has 0 aromatic heterocycles. The third-order valence-electron chi connectivity index (χ3n) is 2.56. The molecule has 7 heteroatoms. The maximum atomic E-state index is 11.5. The molecule has 5 N–H and O–H groups in total. The lowest BCUT2D eigenvalue weighted by Crippen LogP contribution is -2.45. The number of aliphatic hydroxyl groups is 5. The largest absolute Gasteiger partial charge is 0.394 e. The fourth-order valence-electron chi connectivity index (χ4n) is 1.31. The molecule has 0 radical (unpaired) electrons. The minimum Gasteiger partial charge on any atom is -0.394 e. The van der Waals surface area contributed by atoms with Crippen LogP contribution in [0.1, 0.15) is 13.3 Å². The van der Waals surface area contributed by atoms with Crippen LogP contribution in [0.25, 0.3) is 0 Å². The van der Waals surface area contributed by atoms with Gasteiger partial charge >= 0.3 is 0 Å². The molecule has 0 aromatic carbocycles. The number of hydrogen-bond acceptors (Lipinski definition) is 6. The lowest BCUT2D eigenvalue weighted by molar-refractivity contribution is -0.140. The van der Waals surface area contributed by atoms with E-state index >= 15 is 0 Å². The smallest absolute Gasteiger partial charge is 0.250 e. The molecule has 0 spiro atoms. The average Bonchev–Trinajstić information content (AvgIpc) is 2.34. The molecule has 4 atom stereocenters. The van der Waals surface area contributed by atoms with Crippen LogP contribution in [0.4, 0.5) is 0 Å². The molecule has 0 aliphatic carbocycles. The highest BCUT2D eigenvalue weighted by Crippen LogP contribution is 2.11. The van der Waals surface area contributed by atoms with Gasteiger partial charge in [-0.3, -0.25) is 4.79 Å². The molecule has 1 unspecified atom stereocenters. The van der Waals surface area contributed by atoms with Gasteiger partial charge in [0.15, 0.2) is 0 Å². The van der Waals surface area contributed by atoms with E-state index in [2.05, 4.69) is 6.58 Å². The first-order valence-corrected chi connectivity index (χ1v) is 5.48. The van der Waals surface area contributed by atoms with Gasteiger partial charge in [-0.15, -0.1) is 0 Å². The standard InChI is InChI=1S/C11H21NO6/c1-6(2)11(18)12(3)9(16)4-7(14)10(17)8(15)5-13/h7-10,13-17H,1,4-5H2,2-3H3/t7-,8-,9?,10+/m1/s1. The van der Waals surface area contributed by atoms with Crippen molar-refractivity contribution in [2.75, 3.05) is 13.7 Å². The van der Waals surface area contributed by atoms with Gasteiger partial charge in [0.05, 0.1) is 12.7 Å². The molecule has 7 nitrogen and oxygen atoms in total. The fourth-order valence-corrected chi connectivity index (χ4v) is 1.31. The summed E-state index contributed by atoms with van der Waals surface area (Å²) in [5.41, 5.74) is 0.224. The number of rotatable bonds is 7. The first-order chi connectivity index (χ1) is 8.22. The number of nitrogens with zero attached hydrogens (tertiary/aromatic N) is 1. The Hall–Kier alpha value is -0.990. The van der Waals surface area contributed by atoms with Gasteiger partial charge in [0.1, 0.15) is 18.4 Å². The van der Waals surface area contributed by atoms with Crippen molar-refractivity contribution in [2.24, 2.45) is 0 Å². The van der Waals surface area contributed by atoms with Gasteiger partial charge in [-0.1, -0.05) is 6.58 Å². The molecule has 0 saturated carbocycles. The van der Waals surface area contributed by atoms with Crippen molar-refractivity contribution in [3.63, 3.8) is 0 Å². The normalized spacial score (nSPS) is 17.7. The van der Waals surface area contributed by atoms with Crippen molar-refractivity contribution in [2.45, 2.75) is 37.9 Å². The molecule has 0 rings (SSSR count). The molecule has 0 aliphatic heterocycles. The Balaban J connectivity index is 4.43. The van der Waals surface area contributed by atoms with Crippen LogP contribution < -0.4 is 0 Å². The minimum atomic E-state index is -1.60. The second-order valence-electron chi connectivity index (χ2n) is 4.22. The van der Waals surface area contributed by atoms with Gasteiger partial charge in [0, 0.05) is 19.0 Å². The van der Waals surface area contributed by atoms with E-state index in [1.807, 2.05) is 0 Å². The summed E-state index contributed by atoms with van der Waals surface area (Å²) in [7, 11) is 1.32. The fraction of sp³-hybridized carbons (Fsp3) is 0.727. The Morgan fingerprint density at radius 1 is 1.22 bits per heavy atom. The van der Waals surface area contributed by atoms with Gasteiger partial charge in [-0.05, 0) is 6.92 Å². The molecule has 0 heterocycles. The topological polar surface area (TPSA) is 121 Å². The van der Waals surface area contributed by atoms with Crippen LogP contribution in [-0.2, 0) is 4.79 Å². The second-order valence-corrected chi connectivity index (χ2v) is 4.22. The van der Waals surface area contributed by atoms with Crippen LogP contribution in [0.2, 0.25) is 0 Å². The van der Waals surface area contributed by atoms with Crippen LogP contribution in [0, 0.1) is 0 Å². The number of amides is 1. The highest BCUT2D eigenvalue weighted by atomic mass is 16.4. The van der Waals surface area contributed by atoms with Crippen LogP contribution in [0.3, 0.4) is 0 Å². The van der Waals surface area contributed by atoms with Crippen LogP contribution in [0.5, 0.6) is 0 Å². The number of carbonyl (C=O) groups excluding carboxylic acids is 1. The quantitative estimate of drug-likeness (QED) is 0.263. The molecule has 1 amide bonds. The zero-order chi connectivity index (χ0) is 14.5. The molecule has 0 bridgehead atoms. The summed E-state index contributed by atoms with van der Waals surface area (Å²) >= 11 is 0. The van der Waals surface area contributed by atoms with Gasteiger partial charge in [0.25, 0.3) is 5.91 Å². The number of aliphatic hydroxyl groups excluding tert-OH is 5. The summed E-state index contributed by atoms with van der Waals surface area (Å²) in [5, 5.41) is 46.3. The van der Waals surface area contributed by atoms with Crippen molar-refractivity contribution in [1.82, 2.24) is 4.90 Å². The Kier molecular flexibility index (Phi) is 7.04. The SMILES string of the molecule is C=C(C)C(=O)N(C)C(O)C[C@@H](O)[C@H](O)[C@H](O)CO. The predicted octanol–water partition coefficient (Wildman–Crippen LogP) is -2.20. The summed E-state index contributed by atoms with van der Waals surface area (Å²) in [5.74, 6) is -0.494. The van der Waals surface area contributed by atoms with Crippen molar-refractivity contribution in [3.8, 4) is 0 Å². The third kappa shape index (κ3) is 4.71. The van der Waals surface area contributed by atoms with Crippen LogP contribution in [0.15, 0.2) is 12.2 Å². The van der Waals surface area contributed by atoms with E-state index in [0.717, 1.165) is 4.90 Å². The van der Waals surface area contributed by atoms with Crippen molar-refractivity contribution in [1.29, 1.82) is 0 Å². The summed E-state index contributed by atoms with van der Waals surface area (Å²) in [6, 6.07) is 0. The summed E-state index contributed by atoms with van der Waals surface area (Å²) in [4.78, 5) is 12.4. The second kappa shape index (κ2) is 7.45. The zero-order valence-electron chi connectivity index (χ0n) is 10.5. The molecule has 106 valence electrons. The lowest BCUT2D eigenvalue weighted by Gasteiger charge is -2.28. The molecule has 18 heavy (non-hydrogen) atoms. The van der Waals surface area contributed by atoms with E-state index < -0.39 is 37.1 Å². The number of carbonyl (C=O) groups is 1. The minimum absolute atomic E-state index is 0.224. The first kappa shape index (κ1) is 17.0. The Morgan fingerprint density at radius 2 is 1.72 bits per heavy atom.